The van der Waals surface area contributed by atoms with Gasteiger partial charge in [-0.1, -0.05) is 6.07 Å². The van der Waals surface area contributed by atoms with Crippen molar-refractivity contribution in [2.75, 3.05) is 4.72 Å². The summed E-state index contributed by atoms with van der Waals surface area (Å²) in [6.45, 7) is 3.86. The lowest BCUT2D eigenvalue weighted by Crippen LogP contribution is -2.17. The molecular weight excluding hydrogens is 384 g/mol. The number of benzene rings is 1. The molecule has 0 saturated heterocycles. The largest absolute Gasteiger partial charge is 0.362 e. The van der Waals surface area contributed by atoms with Crippen LogP contribution in [-0.2, 0) is 10.0 Å². The Hall–Kier alpha value is -2.91. The molecule has 2 heterocycles. The van der Waals surface area contributed by atoms with Crippen LogP contribution >= 0.6 is 11.3 Å². The van der Waals surface area contributed by atoms with Crippen molar-refractivity contribution in [3.63, 3.8) is 0 Å². The van der Waals surface area contributed by atoms with Gasteiger partial charge in [-0.25, -0.2) is 13.8 Å². The fourth-order valence-corrected chi connectivity index (χ4v) is 4.47. The van der Waals surface area contributed by atoms with Gasteiger partial charge in [0.25, 0.3) is 15.9 Å². The number of nitrogens with one attached hydrogen (secondary N) is 3. The average molecular weight is 403 g/mol. The number of hydrogen-bond acceptors (Lipinski definition) is 5. The molecule has 0 unspecified atom stereocenters. The van der Waals surface area contributed by atoms with Crippen LogP contribution in [0.25, 0.3) is 0 Å². The number of aromatic nitrogens is 1. The summed E-state index contributed by atoms with van der Waals surface area (Å²) in [4.78, 5) is 15.3. The molecule has 0 aliphatic heterocycles. The first-order valence-electron chi connectivity index (χ1n) is 8.01. The molecule has 3 N–H and O–H groups in total. The number of sulfonamides is 1. The minimum absolute atomic E-state index is 0.231. The van der Waals surface area contributed by atoms with Crippen molar-refractivity contribution < 1.29 is 13.2 Å². The Morgan fingerprint density at radius 1 is 1.19 bits per heavy atom. The van der Waals surface area contributed by atoms with Gasteiger partial charge in [-0.2, -0.15) is 5.10 Å². The quantitative estimate of drug-likeness (QED) is 0.435. The molecule has 0 atom stereocenters. The average Bonchev–Trinajstić information content (AvgIpc) is 3.26. The van der Waals surface area contributed by atoms with Gasteiger partial charge in [0.2, 0.25) is 0 Å². The molecule has 2 aromatic heterocycles. The van der Waals surface area contributed by atoms with Gasteiger partial charge in [-0.15, -0.1) is 11.3 Å². The van der Waals surface area contributed by atoms with Crippen molar-refractivity contribution in [3.05, 3.63) is 70.4 Å². The van der Waals surface area contributed by atoms with Crippen LogP contribution in [-0.4, -0.2) is 25.5 Å². The van der Waals surface area contributed by atoms with Crippen molar-refractivity contribution in [3.8, 4) is 0 Å². The summed E-state index contributed by atoms with van der Waals surface area (Å²) in [5.74, 6) is -0.385. The fraction of sp³-hybridized carbons (Fsp3) is 0.111. The Kier molecular flexibility index (Phi) is 5.43. The predicted molar refractivity (Wildman–Crippen MR) is 107 cm³/mol. The van der Waals surface area contributed by atoms with Gasteiger partial charge in [0.1, 0.15) is 4.21 Å². The molecule has 0 saturated carbocycles. The molecule has 0 spiro atoms. The molecule has 3 rings (SSSR count). The zero-order valence-corrected chi connectivity index (χ0v) is 16.3. The second-order valence-corrected chi connectivity index (χ2v) is 8.70. The normalized spacial score (nSPS) is 11.6. The van der Waals surface area contributed by atoms with Crippen molar-refractivity contribution >= 4 is 39.2 Å². The molecule has 7 nitrogen and oxygen atoms in total. The van der Waals surface area contributed by atoms with E-state index in [9.17, 15) is 13.2 Å². The molecule has 9 heteroatoms. The maximum absolute atomic E-state index is 12.2. The zero-order valence-electron chi connectivity index (χ0n) is 14.7. The minimum atomic E-state index is -3.61. The van der Waals surface area contributed by atoms with Gasteiger partial charge < -0.3 is 4.98 Å². The Labute approximate surface area is 161 Å². The number of carbonyl (C=O) groups excluding carboxylic acids is 1. The Morgan fingerprint density at radius 2 is 1.93 bits per heavy atom. The molecule has 3 aromatic rings. The maximum Gasteiger partial charge on any atom is 0.271 e. The smallest absolute Gasteiger partial charge is 0.271 e. The number of H-pyrrole nitrogens is 1. The number of rotatable bonds is 6. The van der Waals surface area contributed by atoms with Crippen LogP contribution in [0.3, 0.4) is 0 Å². The molecule has 0 aliphatic rings. The summed E-state index contributed by atoms with van der Waals surface area (Å²) in [5.41, 5.74) is 6.07. The van der Waals surface area contributed by atoms with Crippen LogP contribution in [0.4, 0.5) is 5.69 Å². The topological polar surface area (TPSA) is 103 Å². The van der Waals surface area contributed by atoms with Gasteiger partial charge in [-0.05, 0) is 55.6 Å². The second kappa shape index (κ2) is 7.77. The Balaban J connectivity index is 1.63. The van der Waals surface area contributed by atoms with E-state index in [-0.39, 0.29) is 10.1 Å². The van der Waals surface area contributed by atoms with Crippen LogP contribution < -0.4 is 10.1 Å². The number of anilines is 1. The van der Waals surface area contributed by atoms with E-state index in [2.05, 4.69) is 20.2 Å². The molecule has 1 amide bonds. The monoisotopic (exact) mass is 402 g/mol. The number of thiophene rings is 1. The molecule has 0 radical (unpaired) electrons. The number of aromatic amines is 1. The van der Waals surface area contributed by atoms with Crippen LogP contribution in [0.2, 0.25) is 0 Å². The summed E-state index contributed by atoms with van der Waals surface area (Å²) < 4.78 is 27.1. The SMILES string of the molecule is Cc1cc(/C=N/NC(=O)c2ccc(NS(=O)(=O)c3cccs3)cc2)c(C)[nH]1. The van der Waals surface area contributed by atoms with Crippen LogP contribution in [0, 0.1) is 13.8 Å². The molecule has 1 aromatic carbocycles. The number of hydrazone groups is 1. The van der Waals surface area contributed by atoms with E-state index in [0.29, 0.717) is 11.3 Å². The Bertz CT molecular complexity index is 1070. The highest BCUT2D eigenvalue weighted by Gasteiger charge is 2.15. The molecule has 0 aliphatic carbocycles. The van der Waals surface area contributed by atoms with Crippen LogP contribution in [0.1, 0.15) is 27.3 Å². The highest BCUT2D eigenvalue weighted by Crippen LogP contribution is 2.20. The van der Waals surface area contributed by atoms with Crippen molar-refractivity contribution in [1.82, 2.24) is 10.4 Å². The summed E-state index contributed by atoms with van der Waals surface area (Å²) in [5, 5.41) is 5.65. The second-order valence-electron chi connectivity index (χ2n) is 5.85. The molecule has 0 fully saturated rings. The Morgan fingerprint density at radius 3 is 2.52 bits per heavy atom. The van der Waals surface area contributed by atoms with Gasteiger partial charge >= 0.3 is 0 Å². The summed E-state index contributed by atoms with van der Waals surface area (Å²) >= 11 is 1.13. The summed E-state index contributed by atoms with van der Waals surface area (Å²) in [7, 11) is -3.61. The number of hydrogen-bond donors (Lipinski definition) is 3. The van der Waals surface area contributed by atoms with E-state index in [0.717, 1.165) is 28.3 Å². The first kappa shape index (κ1) is 18.9. The van der Waals surface area contributed by atoms with Crippen molar-refractivity contribution in [2.45, 2.75) is 18.1 Å². The maximum atomic E-state index is 12.2. The van der Waals surface area contributed by atoms with E-state index in [4.69, 9.17) is 0 Å². The van der Waals surface area contributed by atoms with Crippen molar-refractivity contribution in [2.24, 2.45) is 5.10 Å². The molecule has 140 valence electrons. The third-order valence-corrected chi connectivity index (χ3v) is 6.50. The van der Waals surface area contributed by atoms with Gasteiger partial charge in [0.15, 0.2) is 0 Å². The van der Waals surface area contributed by atoms with E-state index in [1.807, 2.05) is 19.9 Å². The van der Waals surface area contributed by atoms with Gasteiger partial charge in [0, 0.05) is 28.2 Å². The number of aryl methyl sites for hydroxylation is 2. The summed E-state index contributed by atoms with van der Waals surface area (Å²) in [6, 6.07) is 11.3. The minimum Gasteiger partial charge on any atom is -0.362 e. The van der Waals surface area contributed by atoms with E-state index >= 15 is 0 Å². The predicted octanol–water partition coefficient (Wildman–Crippen LogP) is 3.26. The molecular formula is C18H18N4O3S2. The standard InChI is InChI=1S/C18H18N4O3S2/c1-12-10-15(13(2)20-12)11-19-21-18(23)14-5-7-16(8-6-14)22-27(24,25)17-4-3-9-26-17/h3-11,20,22H,1-2H3,(H,21,23)/b19-11+. The molecule has 27 heavy (non-hydrogen) atoms. The van der Waals surface area contributed by atoms with Crippen LogP contribution in [0.15, 0.2) is 57.2 Å². The van der Waals surface area contributed by atoms with Gasteiger partial charge in [-0.3, -0.25) is 9.52 Å². The molecule has 0 bridgehead atoms. The zero-order chi connectivity index (χ0) is 19.4. The van der Waals surface area contributed by atoms with Crippen molar-refractivity contribution in [1.29, 1.82) is 0 Å². The number of amides is 1. The lowest BCUT2D eigenvalue weighted by Gasteiger charge is -2.07. The van der Waals surface area contributed by atoms with E-state index < -0.39 is 10.0 Å². The van der Waals surface area contributed by atoms with E-state index in [1.165, 1.54) is 30.3 Å². The van der Waals surface area contributed by atoms with Gasteiger partial charge in [0.05, 0.1) is 6.21 Å². The fourth-order valence-electron chi connectivity index (χ4n) is 2.42. The number of carbonyl (C=O) groups is 1. The first-order valence-corrected chi connectivity index (χ1v) is 10.4. The number of nitrogens with zero attached hydrogens (tertiary/aromatic N) is 1. The third-order valence-electron chi connectivity index (χ3n) is 3.72. The highest BCUT2D eigenvalue weighted by atomic mass is 32.2. The summed E-state index contributed by atoms with van der Waals surface area (Å²) in [6.07, 6.45) is 1.57. The van der Waals surface area contributed by atoms with Crippen LogP contribution in [0.5, 0.6) is 0 Å². The van der Waals surface area contributed by atoms with E-state index in [1.54, 1.807) is 17.7 Å². The first-order chi connectivity index (χ1) is 12.8. The third kappa shape index (κ3) is 4.63. The highest BCUT2D eigenvalue weighted by molar-refractivity contribution is 7.94. The lowest BCUT2D eigenvalue weighted by molar-refractivity contribution is 0.0955. The lowest BCUT2D eigenvalue weighted by atomic mass is 10.2.